The van der Waals surface area contributed by atoms with E-state index in [1.54, 1.807) is 23.0 Å². The van der Waals surface area contributed by atoms with Gasteiger partial charge in [-0.2, -0.15) is 3.17 Å². The van der Waals surface area contributed by atoms with Gasteiger partial charge in [-0.15, -0.1) is 0 Å². The van der Waals surface area contributed by atoms with Gasteiger partial charge >= 0.3 is 0 Å². The Labute approximate surface area is 81.3 Å². The summed E-state index contributed by atoms with van der Waals surface area (Å²) in [6.45, 7) is 7.58. The third-order valence-corrected chi connectivity index (χ3v) is 0.972. The molecular weight excluding hydrogens is 261 g/mol. The second-order valence-corrected chi connectivity index (χ2v) is 2.99. The number of hydrogen-bond acceptors (Lipinski definition) is 4. The van der Waals surface area contributed by atoms with Gasteiger partial charge in [0.1, 0.15) is 23.0 Å². The number of nitrogens with zero attached hydrogens (tertiary/aromatic N) is 1. The van der Waals surface area contributed by atoms with E-state index in [-0.39, 0.29) is 12.2 Å². The molecule has 0 aliphatic heterocycles. The lowest BCUT2D eigenvalue weighted by atomic mass is 10.5. The molecule has 0 aromatic heterocycles. The van der Waals surface area contributed by atoms with E-state index in [9.17, 15) is 0 Å². The summed E-state index contributed by atoms with van der Waals surface area (Å²) in [5, 5.41) is 1.01. The average molecular weight is 275 g/mol. The van der Waals surface area contributed by atoms with Gasteiger partial charge in [-0.05, 0) is 27.7 Å². The summed E-state index contributed by atoms with van der Waals surface area (Å²) in [6, 6.07) is 0. The molecule has 4 nitrogen and oxygen atoms in total. The fourth-order valence-electron chi connectivity index (χ4n) is 0.402. The molecule has 0 bridgehead atoms. The van der Waals surface area contributed by atoms with E-state index < -0.39 is 0 Å². The standard InChI is InChI=1S/C6H14INO3/c1-5(2)9-8(11-7)10-6(3)4/h5-6H,1-4H3. The first-order chi connectivity index (χ1) is 5.06. The second-order valence-electron chi connectivity index (χ2n) is 2.60. The van der Waals surface area contributed by atoms with E-state index in [4.69, 9.17) is 12.8 Å². The highest BCUT2D eigenvalue weighted by molar-refractivity contribution is 14.1. The summed E-state index contributed by atoms with van der Waals surface area (Å²) in [7, 11) is 0. The van der Waals surface area contributed by atoms with Crippen molar-refractivity contribution in [1.82, 2.24) is 5.39 Å². The maximum Gasteiger partial charge on any atom is 0.143 e. The molecule has 0 saturated heterocycles. The van der Waals surface area contributed by atoms with Crippen molar-refractivity contribution in [2.45, 2.75) is 39.9 Å². The third kappa shape index (κ3) is 6.95. The van der Waals surface area contributed by atoms with Gasteiger partial charge in [0.15, 0.2) is 0 Å². The summed E-state index contributed by atoms with van der Waals surface area (Å²) in [5.41, 5.74) is 0. The fourth-order valence-corrected chi connectivity index (χ4v) is 0.587. The lowest BCUT2D eigenvalue weighted by Gasteiger charge is -2.20. The minimum Gasteiger partial charge on any atom is -0.247 e. The molecule has 0 atom stereocenters. The predicted molar refractivity (Wildman–Crippen MR) is 49.4 cm³/mol. The lowest BCUT2D eigenvalue weighted by molar-refractivity contribution is -0.497. The van der Waals surface area contributed by atoms with Gasteiger partial charge in [0.2, 0.25) is 0 Å². The first-order valence-corrected chi connectivity index (χ1v) is 4.36. The molecule has 0 heterocycles. The normalized spacial score (nSPS) is 12.0. The van der Waals surface area contributed by atoms with Crippen molar-refractivity contribution >= 4 is 23.0 Å². The van der Waals surface area contributed by atoms with Gasteiger partial charge in [0.25, 0.3) is 0 Å². The molecule has 0 aromatic rings. The van der Waals surface area contributed by atoms with Crippen LogP contribution in [0.1, 0.15) is 27.7 Å². The molecule has 0 radical (unpaired) electrons. The molecule has 0 N–H and O–H groups in total. The Kier molecular flexibility index (Phi) is 6.44. The van der Waals surface area contributed by atoms with Crippen molar-refractivity contribution in [3.8, 4) is 0 Å². The van der Waals surface area contributed by atoms with Crippen LogP contribution in [0, 0.1) is 0 Å². The second kappa shape index (κ2) is 6.13. The van der Waals surface area contributed by atoms with Crippen LogP contribution in [0.2, 0.25) is 0 Å². The van der Waals surface area contributed by atoms with Gasteiger partial charge in [-0.25, -0.2) is 9.68 Å². The summed E-state index contributed by atoms with van der Waals surface area (Å²) < 4.78 is 4.73. The molecule has 0 aliphatic rings. The van der Waals surface area contributed by atoms with Crippen molar-refractivity contribution in [2.75, 3.05) is 0 Å². The van der Waals surface area contributed by atoms with Gasteiger partial charge in [0.05, 0.1) is 17.6 Å². The lowest BCUT2D eigenvalue weighted by Crippen LogP contribution is -2.27. The van der Waals surface area contributed by atoms with E-state index >= 15 is 0 Å². The van der Waals surface area contributed by atoms with Crippen LogP contribution >= 0.6 is 23.0 Å². The van der Waals surface area contributed by atoms with Crippen LogP contribution in [-0.4, -0.2) is 17.6 Å². The SMILES string of the molecule is CC(C)ON(OI)OC(C)C. The molecule has 0 saturated carbocycles. The van der Waals surface area contributed by atoms with Crippen molar-refractivity contribution in [3.63, 3.8) is 0 Å². The van der Waals surface area contributed by atoms with Crippen LogP contribution in [0.15, 0.2) is 0 Å². The fraction of sp³-hybridized carbons (Fsp3) is 1.00. The van der Waals surface area contributed by atoms with Crippen LogP contribution in [0.5, 0.6) is 0 Å². The Hall–Kier alpha value is 0.570. The van der Waals surface area contributed by atoms with Gasteiger partial charge in [0, 0.05) is 0 Å². The number of halogens is 1. The van der Waals surface area contributed by atoms with Gasteiger partial charge in [-0.3, -0.25) is 0 Å². The molecule has 0 aromatic carbocycles. The molecular formula is C6H14INO3. The van der Waals surface area contributed by atoms with Crippen LogP contribution in [0.3, 0.4) is 0 Å². The highest BCUT2D eigenvalue weighted by atomic mass is 127. The third-order valence-electron chi connectivity index (χ3n) is 0.650. The molecule has 0 fully saturated rings. The first-order valence-electron chi connectivity index (χ1n) is 3.48. The Bertz CT molecular complexity index is 89.8. The van der Waals surface area contributed by atoms with Crippen LogP contribution in [0.4, 0.5) is 0 Å². The quantitative estimate of drug-likeness (QED) is 0.569. The van der Waals surface area contributed by atoms with Gasteiger partial charge < -0.3 is 0 Å². The smallest absolute Gasteiger partial charge is 0.143 e. The molecule has 68 valence electrons. The maximum atomic E-state index is 5.09. The molecule has 0 spiro atoms. The first kappa shape index (κ1) is 11.6. The Morgan fingerprint density at radius 1 is 1.00 bits per heavy atom. The minimum absolute atomic E-state index is 0.0449. The van der Waals surface area contributed by atoms with E-state index in [2.05, 4.69) is 0 Å². The average Bonchev–Trinajstić information content (AvgIpc) is 1.84. The Morgan fingerprint density at radius 3 is 1.55 bits per heavy atom. The van der Waals surface area contributed by atoms with E-state index in [0.717, 1.165) is 5.39 Å². The Morgan fingerprint density at radius 2 is 1.36 bits per heavy atom. The predicted octanol–water partition coefficient (Wildman–Crippen LogP) is 2.25. The number of rotatable bonds is 5. The Balaban J connectivity index is 3.58. The highest BCUT2D eigenvalue weighted by Crippen LogP contribution is 2.05. The number of hydrogen-bond donors (Lipinski definition) is 0. The van der Waals surface area contributed by atoms with Crippen molar-refractivity contribution < 1.29 is 12.8 Å². The summed E-state index contributed by atoms with van der Waals surface area (Å²) in [5.74, 6) is 0. The van der Waals surface area contributed by atoms with Crippen molar-refractivity contribution in [2.24, 2.45) is 0 Å². The summed E-state index contributed by atoms with van der Waals surface area (Å²) >= 11 is 1.69. The largest absolute Gasteiger partial charge is 0.247 e. The van der Waals surface area contributed by atoms with E-state index in [0.29, 0.717) is 0 Å². The molecule has 0 amide bonds. The van der Waals surface area contributed by atoms with Gasteiger partial charge in [-0.1, -0.05) is 0 Å². The summed E-state index contributed by atoms with van der Waals surface area (Å²) in [6.07, 6.45) is 0.0898. The molecule has 0 rings (SSSR count). The van der Waals surface area contributed by atoms with E-state index in [1.165, 1.54) is 0 Å². The molecule has 0 aliphatic carbocycles. The molecule has 5 heteroatoms. The summed E-state index contributed by atoms with van der Waals surface area (Å²) in [4.78, 5) is 10.2. The van der Waals surface area contributed by atoms with Crippen molar-refractivity contribution in [3.05, 3.63) is 0 Å². The topological polar surface area (TPSA) is 30.9 Å². The monoisotopic (exact) mass is 275 g/mol. The van der Waals surface area contributed by atoms with E-state index in [1.807, 2.05) is 27.7 Å². The minimum atomic E-state index is 0.0449. The highest BCUT2D eigenvalue weighted by Gasteiger charge is 2.09. The van der Waals surface area contributed by atoms with Crippen molar-refractivity contribution in [1.29, 1.82) is 0 Å². The zero-order valence-electron chi connectivity index (χ0n) is 7.20. The molecule has 11 heavy (non-hydrogen) atoms. The van der Waals surface area contributed by atoms with Crippen LogP contribution in [0.25, 0.3) is 0 Å². The zero-order valence-corrected chi connectivity index (χ0v) is 9.36. The maximum absolute atomic E-state index is 5.09. The van der Waals surface area contributed by atoms with Crippen LogP contribution < -0.4 is 0 Å². The zero-order chi connectivity index (χ0) is 8.85. The molecule has 0 unspecified atom stereocenters. The van der Waals surface area contributed by atoms with Crippen LogP contribution in [-0.2, 0) is 12.8 Å².